The summed E-state index contributed by atoms with van der Waals surface area (Å²) >= 11 is 0. The lowest BCUT2D eigenvalue weighted by Gasteiger charge is -2.46. The lowest BCUT2D eigenvalue weighted by molar-refractivity contribution is 0.170. The first-order valence-corrected chi connectivity index (χ1v) is 8.13. The standard InChI is InChI=1S/C18H25N5/c1-17(2)10-14(11-18(3,4)23-17)21-16-20-12-19-15(22-16)13-8-6-5-7-9-13/h5-9,12,14,23H,10-11H2,1-4H3,(H,19,20,21,22). The van der Waals surface area contributed by atoms with Crippen LogP contribution < -0.4 is 10.6 Å². The number of aromatic nitrogens is 3. The molecular formula is C18H25N5. The maximum absolute atomic E-state index is 4.58. The summed E-state index contributed by atoms with van der Waals surface area (Å²) in [7, 11) is 0. The van der Waals surface area contributed by atoms with Crippen molar-refractivity contribution in [2.24, 2.45) is 0 Å². The molecule has 2 aromatic rings. The molecule has 0 spiro atoms. The number of hydrogen-bond acceptors (Lipinski definition) is 5. The van der Waals surface area contributed by atoms with Crippen molar-refractivity contribution in [2.45, 2.75) is 57.7 Å². The molecule has 0 unspecified atom stereocenters. The first kappa shape index (κ1) is 15.9. The van der Waals surface area contributed by atoms with Gasteiger partial charge in [0.05, 0.1) is 0 Å². The van der Waals surface area contributed by atoms with Crippen LogP contribution in [0.3, 0.4) is 0 Å². The molecule has 1 aliphatic rings. The maximum atomic E-state index is 4.58. The van der Waals surface area contributed by atoms with Gasteiger partial charge >= 0.3 is 0 Å². The van der Waals surface area contributed by atoms with Gasteiger partial charge in [0, 0.05) is 22.7 Å². The monoisotopic (exact) mass is 311 g/mol. The Morgan fingerprint density at radius 2 is 1.65 bits per heavy atom. The Kier molecular flexibility index (Phi) is 4.06. The zero-order valence-electron chi connectivity index (χ0n) is 14.3. The number of hydrogen-bond donors (Lipinski definition) is 2. The van der Waals surface area contributed by atoms with E-state index in [-0.39, 0.29) is 11.1 Å². The number of nitrogens with one attached hydrogen (secondary N) is 2. The second-order valence-corrected chi connectivity index (χ2v) is 7.64. The van der Waals surface area contributed by atoms with E-state index in [0.29, 0.717) is 17.8 Å². The summed E-state index contributed by atoms with van der Waals surface area (Å²) in [6, 6.07) is 10.3. The van der Waals surface area contributed by atoms with E-state index in [9.17, 15) is 0 Å². The van der Waals surface area contributed by atoms with Gasteiger partial charge in [-0.1, -0.05) is 30.3 Å². The summed E-state index contributed by atoms with van der Waals surface area (Å²) in [5.41, 5.74) is 1.19. The predicted molar refractivity (Wildman–Crippen MR) is 93.2 cm³/mol. The van der Waals surface area contributed by atoms with Gasteiger partial charge in [0.15, 0.2) is 5.82 Å². The van der Waals surface area contributed by atoms with Gasteiger partial charge in [0.25, 0.3) is 0 Å². The lowest BCUT2D eigenvalue weighted by Crippen LogP contribution is -2.60. The van der Waals surface area contributed by atoms with Crippen molar-refractivity contribution >= 4 is 5.95 Å². The predicted octanol–water partition coefficient (Wildman–Crippen LogP) is 3.26. The molecule has 23 heavy (non-hydrogen) atoms. The van der Waals surface area contributed by atoms with Crippen LogP contribution >= 0.6 is 0 Å². The number of nitrogens with zero attached hydrogens (tertiary/aromatic N) is 3. The van der Waals surface area contributed by atoms with E-state index in [2.05, 4.69) is 53.3 Å². The Morgan fingerprint density at radius 1 is 1.00 bits per heavy atom. The molecule has 0 bridgehead atoms. The summed E-state index contributed by atoms with van der Waals surface area (Å²) in [6.07, 6.45) is 3.64. The average Bonchev–Trinajstić information content (AvgIpc) is 2.45. The van der Waals surface area contributed by atoms with Crippen LogP contribution in [0.25, 0.3) is 11.4 Å². The van der Waals surface area contributed by atoms with E-state index >= 15 is 0 Å². The number of benzene rings is 1. The fourth-order valence-corrected chi connectivity index (χ4v) is 3.70. The molecule has 1 fully saturated rings. The Morgan fingerprint density at radius 3 is 2.30 bits per heavy atom. The Balaban J connectivity index is 1.78. The summed E-state index contributed by atoms with van der Waals surface area (Å²) in [5.74, 6) is 1.35. The van der Waals surface area contributed by atoms with Gasteiger partial charge in [-0.25, -0.2) is 9.97 Å². The quantitative estimate of drug-likeness (QED) is 0.911. The number of anilines is 1. The summed E-state index contributed by atoms with van der Waals surface area (Å²) in [6.45, 7) is 8.97. The molecule has 0 aliphatic carbocycles. The van der Waals surface area contributed by atoms with E-state index in [1.165, 1.54) is 0 Å². The molecular weight excluding hydrogens is 286 g/mol. The third kappa shape index (κ3) is 4.05. The molecule has 0 atom stereocenters. The normalized spacial score (nSPS) is 20.2. The van der Waals surface area contributed by atoms with Crippen molar-refractivity contribution < 1.29 is 0 Å². The first-order chi connectivity index (χ1) is 10.8. The van der Waals surface area contributed by atoms with Crippen LogP contribution in [-0.2, 0) is 0 Å². The third-order valence-corrected chi connectivity index (χ3v) is 4.13. The highest BCUT2D eigenvalue weighted by Crippen LogP contribution is 2.30. The largest absolute Gasteiger partial charge is 0.351 e. The lowest BCUT2D eigenvalue weighted by atomic mass is 9.80. The van der Waals surface area contributed by atoms with Crippen LogP contribution in [0.4, 0.5) is 5.95 Å². The fraction of sp³-hybridized carbons (Fsp3) is 0.500. The van der Waals surface area contributed by atoms with Crippen LogP contribution in [0.1, 0.15) is 40.5 Å². The van der Waals surface area contributed by atoms with E-state index in [1.54, 1.807) is 6.33 Å². The van der Waals surface area contributed by atoms with E-state index in [4.69, 9.17) is 0 Å². The van der Waals surface area contributed by atoms with Crippen molar-refractivity contribution in [1.29, 1.82) is 0 Å². The van der Waals surface area contributed by atoms with Crippen molar-refractivity contribution in [3.63, 3.8) is 0 Å². The van der Waals surface area contributed by atoms with Crippen LogP contribution in [0.15, 0.2) is 36.7 Å². The van der Waals surface area contributed by atoms with Crippen molar-refractivity contribution in [3.05, 3.63) is 36.7 Å². The van der Waals surface area contributed by atoms with Crippen molar-refractivity contribution in [2.75, 3.05) is 5.32 Å². The van der Waals surface area contributed by atoms with E-state index in [1.807, 2.05) is 30.3 Å². The van der Waals surface area contributed by atoms with Gasteiger partial charge < -0.3 is 10.6 Å². The maximum Gasteiger partial charge on any atom is 0.226 e. The van der Waals surface area contributed by atoms with Crippen molar-refractivity contribution in [1.82, 2.24) is 20.3 Å². The van der Waals surface area contributed by atoms with Gasteiger partial charge in [0.1, 0.15) is 6.33 Å². The van der Waals surface area contributed by atoms with Gasteiger partial charge in [-0.2, -0.15) is 4.98 Å². The van der Waals surface area contributed by atoms with Crippen LogP contribution in [0.5, 0.6) is 0 Å². The summed E-state index contributed by atoms with van der Waals surface area (Å²) in [4.78, 5) is 13.2. The first-order valence-electron chi connectivity index (χ1n) is 8.13. The molecule has 0 saturated carbocycles. The van der Waals surface area contributed by atoms with Crippen LogP contribution in [0.2, 0.25) is 0 Å². The van der Waals surface area contributed by atoms with Crippen LogP contribution in [0, 0.1) is 0 Å². The highest BCUT2D eigenvalue weighted by atomic mass is 15.2. The molecule has 122 valence electrons. The van der Waals surface area contributed by atoms with Gasteiger partial charge in [-0.15, -0.1) is 0 Å². The minimum atomic E-state index is 0.0920. The minimum absolute atomic E-state index is 0.0920. The number of piperidine rings is 1. The second-order valence-electron chi connectivity index (χ2n) is 7.64. The highest BCUT2D eigenvalue weighted by Gasteiger charge is 2.37. The Bertz CT molecular complexity index is 650. The molecule has 1 aliphatic heterocycles. The summed E-state index contributed by atoms with van der Waals surface area (Å²) < 4.78 is 0. The Labute approximate surface area is 138 Å². The zero-order chi connectivity index (χ0) is 16.5. The smallest absolute Gasteiger partial charge is 0.226 e. The Hall–Kier alpha value is -2.01. The minimum Gasteiger partial charge on any atom is -0.351 e. The summed E-state index contributed by atoms with van der Waals surface area (Å²) in [5, 5.41) is 7.19. The molecule has 1 saturated heterocycles. The van der Waals surface area contributed by atoms with Gasteiger partial charge in [-0.05, 0) is 40.5 Å². The fourth-order valence-electron chi connectivity index (χ4n) is 3.70. The zero-order valence-corrected chi connectivity index (χ0v) is 14.3. The molecule has 2 N–H and O–H groups in total. The molecule has 5 heteroatoms. The molecule has 5 nitrogen and oxygen atoms in total. The van der Waals surface area contributed by atoms with Gasteiger partial charge in [-0.3, -0.25) is 0 Å². The third-order valence-electron chi connectivity index (χ3n) is 4.13. The topological polar surface area (TPSA) is 62.7 Å². The van der Waals surface area contributed by atoms with E-state index in [0.717, 1.165) is 18.4 Å². The second kappa shape index (κ2) is 5.89. The van der Waals surface area contributed by atoms with E-state index < -0.39 is 0 Å². The number of rotatable bonds is 3. The molecule has 0 amide bonds. The SMILES string of the molecule is CC1(C)CC(Nc2ncnc(-c3ccccc3)n2)CC(C)(C)N1. The van der Waals surface area contributed by atoms with Crippen molar-refractivity contribution in [3.8, 4) is 11.4 Å². The highest BCUT2D eigenvalue weighted by molar-refractivity contribution is 5.55. The molecule has 0 radical (unpaired) electrons. The molecule has 1 aromatic heterocycles. The molecule has 2 heterocycles. The van der Waals surface area contributed by atoms with Crippen LogP contribution in [-0.4, -0.2) is 32.1 Å². The molecule has 1 aromatic carbocycles. The average molecular weight is 311 g/mol. The molecule has 3 rings (SSSR count). The van der Waals surface area contributed by atoms with Gasteiger partial charge in [0.2, 0.25) is 5.95 Å².